The first-order valence-corrected chi connectivity index (χ1v) is 15.1. The molecule has 1 aromatic heterocycles. The number of aromatic amines is 1. The van der Waals surface area contributed by atoms with Crippen LogP contribution in [0.15, 0.2) is 40.0 Å². The molecule has 3 aromatic rings. The molecular weight excluding hydrogens is 599 g/mol. The molecule has 2 aromatic carbocycles. The van der Waals surface area contributed by atoms with E-state index in [0.717, 1.165) is 10.5 Å². The molecule has 0 bridgehead atoms. The second kappa shape index (κ2) is 10.4. The van der Waals surface area contributed by atoms with Crippen LogP contribution >= 0.6 is 11.9 Å². The third-order valence-electron chi connectivity index (χ3n) is 8.71. The second-order valence-electron chi connectivity index (χ2n) is 11.8. The molecule has 4 aliphatic rings. The van der Waals surface area contributed by atoms with Crippen LogP contribution < -0.4 is 24.5 Å². The molecule has 9 nitrogen and oxygen atoms in total. The number of carbonyl (C=O) groups is 1. The van der Waals surface area contributed by atoms with Crippen LogP contribution in [0.2, 0.25) is 0 Å². The number of ether oxygens (including phenoxy) is 4. The van der Waals surface area contributed by atoms with Gasteiger partial charge in [0.1, 0.15) is 0 Å². The van der Waals surface area contributed by atoms with Gasteiger partial charge in [0.15, 0.2) is 23.0 Å². The predicted molar refractivity (Wildman–Crippen MR) is 155 cm³/mol. The van der Waals surface area contributed by atoms with Gasteiger partial charge >= 0.3 is 6.18 Å². The monoisotopic (exact) mass is 629 g/mol. The van der Waals surface area contributed by atoms with Gasteiger partial charge in [0.2, 0.25) is 6.79 Å². The zero-order valence-electron chi connectivity index (χ0n) is 24.3. The molecule has 4 aliphatic heterocycles. The number of aryl methyl sites for hydroxylation is 1. The SMILES string of the molecule is Cc1cc2c(c(=O)[nH]1)CN(C(=O)c1cc(-c3ccc4c(c3)OCO4)c3c(c1C)OC(C)(C1CCN(CC(F)(F)F)CC1)O3)S2. The third kappa shape index (κ3) is 5.05. The lowest BCUT2D eigenvalue weighted by molar-refractivity contribution is -0.159. The summed E-state index contributed by atoms with van der Waals surface area (Å²) in [6, 6.07) is 9.08. The Balaban J connectivity index is 1.24. The maximum atomic E-state index is 14.1. The van der Waals surface area contributed by atoms with Crippen LogP contribution in [0.5, 0.6) is 23.0 Å². The quantitative estimate of drug-likeness (QED) is 0.362. The van der Waals surface area contributed by atoms with Gasteiger partial charge in [0, 0.05) is 40.1 Å². The first-order valence-electron chi connectivity index (χ1n) is 14.4. The lowest BCUT2D eigenvalue weighted by Gasteiger charge is -2.39. The molecule has 0 radical (unpaired) electrons. The van der Waals surface area contributed by atoms with Gasteiger partial charge in [-0.2, -0.15) is 13.2 Å². The number of pyridine rings is 1. The first kappa shape index (κ1) is 28.9. The van der Waals surface area contributed by atoms with Gasteiger partial charge in [-0.15, -0.1) is 0 Å². The smallest absolute Gasteiger partial charge is 0.401 e. The van der Waals surface area contributed by atoms with Crippen LogP contribution in [0.3, 0.4) is 0 Å². The van der Waals surface area contributed by atoms with Crippen molar-refractivity contribution in [1.82, 2.24) is 14.2 Å². The molecule has 1 unspecified atom stereocenters. The number of fused-ring (bicyclic) bond motifs is 3. The number of alkyl halides is 3. The summed E-state index contributed by atoms with van der Waals surface area (Å²) in [5.41, 5.74) is 3.32. The molecule has 44 heavy (non-hydrogen) atoms. The second-order valence-corrected chi connectivity index (χ2v) is 12.8. The molecule has 1 N–H and O–H groups in total. The van der Waals surface area contributed by atoms with Gasteiger partial charge in [-0.1, -0.05) is 6.07 Å². The number of rotatable bonds is 4. The molecule has 1 atom stereocenters. The summed E-state index contributed by atoms with van der Waals surface area (Å²) in [7, 11) is 0. The van der Waals surface area contributed by atoms with E-state index in [2.05, 4.69) is 4.98 Å². The Bertz CT molecular complexity index is 1740. The van der Waals surface area contributed by atoms with E-state index >= 15 is 0 Å². The van der Waals surface area contributed by atoms with Crippen molar-refractivity contribution in [3.63, 3.8) is 0 Å². The summed E-state index contributed by atoms with van der Waals surface area (Å²) in [4.78, 5) is 31.6. The van der Waals surface area contributed by atoms with E-state index in [-0.39, 0.29) is 43.8 Å². The summed E-state index contributed by atoms with van der Waals surface area (Å²) in [5.74, 6) is 0.427. The Labute approximate surface area is 255 Å². The van der Waals surface area contributed by atoms with E-state index in [1.54, 1.807) is 30.3 Å². The summed E-state index contributed by atoms with van der Waals surface area (Å²) >= 11 is 1.22. The summed E-state index contributed by atoms with van der Waals surface area (Å²) in [6.45, 7) is 5.24. The average Bonchev–Trinajstić information content (AvgIpc) is 3.69. The van der Waals surface area contributed by atoms with Crippen LogP contribution in [-0.2, 0) is 6.54 Å². The number of nitrogens with one attached hydrogen (secondary N) is 1. The van der Waals surface area contributed by atoms with E-state index in [1.165, 1.54) is 16.8 Å². The Morgan fingerprint density at radius 1 is 1.07 bits per heavy atom. The molecule has 1 amide bonds. The van der Waals surface area contributed by atoms with E-state index in [0.29, 0.717) is 63.8 Å². The Kier molecular flexibility index (Phi) is 6.81. The number of piperidine rings is 1. The molecule has 7 rings (SSSR count). The highest BCUT2D eigenvalue weighted by Crippen LogP contribution is 2.53. The van der Waals surface area contributed by atoms with Crippen molar-refractivity contribution in [1.29, 1.82) is 0 Å². The first-order chi connectivity index (χ1) is 20.9. The number of benzene rings is 2. The number of likely N-dealkylation sites (tertiary alicyclic amines) is 1. The van der Waals surface area contributed by atoms with Crippen LogP contribution in [-0.4, -0.2) is 58.5 Å². The molecule has 232 valence electrons. The Hall–Kier alpha value is -3.84. The number of nitrogens with zero attached hydrogens (tertiary/aromatic N) is 2. The largest absolute Gasteiger partial charge is 0.454 e. The number of amides is 1. The highest BCUT2D eigenvalue weighted by Gasteiger charge is 2.48. The molecule has 13 heteroatoms. The minimum Gasteiger partial charge on any atom is -0.454 e. The zero-order chi connectivity index (χ0) is 31.0. The van der Waals surface area contributed by atoms with Crippen LogP contribution in [0, 0.1) is 19.8 Å². The predicted octanol–water partition coefficient (Wildman–Crippen LogP) is 5.81. The molecule has 0 spiro atoms. The fourth-order valence-corrected chi connectivity index (χ4v) is 7.49. The number of hydrogen-bond donors (Lipinski definition) is 1. The van der Waals surface area contributed by atoms with Crippen molar-refractivity contribution >= 4 is 17.9 Å². The third-order valence-corrected chi connectivity index (χ3v) is 9.78. The van der Waals surface area contributed by atoms with Crippen molar-refractivity contribution in [2.24, 2.45) is 5.92 Å². The molecular formula is C31H30F3N3O6S. The van der Waals surface area contributed by atoms with Gasteiger partial charge in [-0.3, -0.25) is 18.8 Å². The van der Waals surface area contributed by atoms with Crippen LogP contribution in [0.1, 0.15) is 46.9 Å². The number of H-pyrrole nitrogens is 1. The van der Waals surface area contributed by atoms with E-state index < -0.39 is 18.5 Å². The van der Waals surface area contributed by atoms with Crippen LogP contribution in [0.4, 0.5) is 13.2 Å². The van der Waals surface area contributed by atoms with Gasteiger partial charge in [0.25, 0.3) is 17.3 Å². The van der Waals surface area contributed by atoms with Crippen molar-refractivity contribution < 1.29 is 36.9 Å². The normalized spacial score (nSPS) is 21.2. The van der Waals surface area contributed by atoms with Crippen molar-refractivity contribution in [2.45, 2.75) is 57.0 Å². The minimum atomic E-state index is -4.26. The number of halogens is 3. The number of hydrogen-bond acceptors (Lipinski definition) is 8. The summed E-state index contributed by atoms with van der Waals surface area (Å²) < 4.78 is 64.8. The van der Waals surface area contributed by atoms with Crippen molar-refractivity contribution in [3.05, 3.63) is 63.1 Å². The molecule has 1 fully saturated rings. The highest BCUT2D eigenvalue weighted by molar-refractivity contribution is 7.97. The zero-order valence-corrected chi connectivity index (χ0v) is 25.1. The highest BCUT2D eigenvalue weighted by atomic mass is 32.2. The number of aromatic nitrogens is 1. The standard InChI is InChI=1S/C31H30F3N3O6S/c1-16-10-25-22(28(38)35-16)13-37(44-25)29(39)20-12-21(18-4-5-23-24(11-18)41-15-40-23)27-26(17(20)2)42-30(3,43-27)19-6-8-36(9-7-19)14-31(32,33)34/h4-5,10-12,19H,6-9,13-15H2,1-3H3,(H,35,38). The van der Waals surface area contributed by atoms with Crippen molar-refractivity contribution in [3.8, 4) is 34.1 Å². The summed E-state index contributed by atoms with van der Waals surface area (Å²) in [6.07, 6.45) is -3.34. The van der Waals surface area contributed by atoms with Crippen LogP contribution in [0.25, 0.3) is 11.1 Å². The molecule has 0 saturated carbocycles. The maximum Gasteiger partial charge on any atom is 0.401 e. The molecule has 0 aliphatic carbocycles. The van der Waals surface area contributed by atoms with Gasteiger partial charge in [0.05, 0.1) is 18.7 Å². The average molecular weight is 630 g/mol. The summed E-state index contributed by atoms with van der Waals surface area (Å²) in [5, 5.41) is 0. The fourth-order valence-electron chi connectivity index (χ4n) is 6.38. The topological polar surface area (TPSA) is 93.3 Å². The maximum absolute atomic E-state index is 14.1. The fraction of sp³-hybridized carbons (Fsp3) is 0.419. The molecule has 5 heterocycles. The van der Waals surface area contributed by atoms with Gasteiger partial charge in [-0.05, 0) is 81.6 Å². The lowest BCUT2D eigenvalue weighted by atomic mass is 9.89. The Morgan fingerprint density at radius 3 is 2.55 bits per heavy atom. The van der Waals surface area contributed by atoms with E-state index in [9.17, 15) is 22.8 Å². The Morgan fingerprint density at radius 2 is 1.80 bits per heavy atom. The number of carbonyl (C=O) groups excluding carboxylic acids is 1. The van der Waals surface area contributed by atoms with Crippen molar-refractivity contribution in [2.75, 3.05) is 26.4 Å². The molecule has 1 saturated heterocycles. The van der Waals surface area contributed by atoms with Gasteiger partial charge < -0.3 is 23.9 Å². The van der Waals surface area contributed by atoms with E-state index in [1.807, 2.05) is 25.1 Å². The minimum absolute atomic E-state index is 0.102. The van der Waals surface area contributed by atoms with E-state index in [4.69, 9.17) is 18.9 Å². The van der Waals surface area contributed by atoms with Gasteiger partial charge in [-0.25, -0.2) is 0 Å². The lowest BCUT2D eigenvalue weighted by Crippen LogP contribution is -2.49.